The topological polar surface area (TPSA) is 29.3 Å². The summed E-state index contributed by atoms with van der Waals surface area (Å²) in [7, 11) is 1.80. The van der Waals surface area contributed by atoms with Crippen LogP contribution in [0.3, 0.4) is 0 Å². The molecule has 0 spiro atoms. The second-order valence-electron chi connectivity index (χ2n) is 4.08. The zero-order valence-corrected chi connectivity index (χ0v) is 12.8. The highest BCUT2D eigenvalue weighted by Crippen LogP contribution is 2.37. The molecule has 2 nitrogen and oxygen atoms in total. The lowest BCUT2D eigenvalue weighted by molar-refractivity contribution is 0.996. The first-order valence-corrected chi connectivity index (χ1v) is 7.47. The van der Waals surface area contributed by atoms with Crippen LogP contribution in [0.5, 0.6) is 0 Å². The standard InChI is InChI=1S/C14H14Cl2N2S/c1-18(17)13-8-4-7-12(16)14(13)19-9-10-5-2-3-6-11(10)15/h2-8H,9,17H2,1H3. The van der Waals surface area contributed by atoms with E-state index in [0.29, 0.717) is 5.02 Å². The molecule has 19 heavy (non-hydrogen) atoms. The summed E-state index contributed by atoms with van der Waals surface area (Å²) in [6.07, 6.45) is 0. The van der Waals surface area contributed by atoms with Crippen molar-refractivity contribution >= 4 is 40.7 Å². The molecule has 0 heterocycles. The van der Waals surface area contributed by atoms with E-state index in [4.69, 9.17) is 29.0 Å². The predicted octanol–water partition coefficient (Wildman–Crippen LogP) is 4.60. The number of nitrogens with two attached hydrogens (primary N) is 1. The zero-order valence-electron chi connectivity index (χ0n) is 10.4. The van der Waals surface area contributed by atoms with Gasteiger partial charge in [0.05, 0.1) is 15.6 Å². The van der Waals surface area contributed by atoms with E-state index in [2.05, 4.69) is 0 Å². The molecule has 0 amide bonds. The van der Waals surface area contributed by atoms with E-state index in [1.54, 1.807) is 23.8 Å². The Bertz CT molecular complexity index is 573. The molecule has 2 aromatic carbocycles. The van der Waals surface area contributed by atoms with Crippen molar-refractivity contribution in [2.75, 3.05) is 12.1 Å². The van der Waals surface area contributed by atoms with Gasteiger partial charge >= 0.3 is 0 Å². The Morgan fingerprint density at radius 2 is 1.74 bits per heavy atom. The molecule has 2 N–H and O–H groups in total. The molecule has 0 aromatic heterocycles. The van der Waals surface area contributed by atoms with Gasteiger partial charge in [-0.05, 0) is 23.8 Å². The second kappa shape index (κ2) is 6.53. The van der Waals surface area contributed by atoms with E-state index in [1.165, 1.54) is 0 Å². The molecule has 100 valence electrons. The predicted molar refractivity (Wildman–Crippen MR) is 85.1 cm³/mol. The molecule has 0 unspecified atom stereocenters. The Labute approximate surface area is 127 Å². The van der Waals surface area contributed by atoms with Gasteiger partial charge in [0, 0.05) is 17.8 Å². The SMILES string of the molecule is CN(N)c1cccc(Cl)c1SCc1ccccc1Cl. The fourth-order valence-corrected chi connectivity index (χ4v) is 3.42. The van der Waals surface area contributed by atoms with Crippen molar-refractivity contribution < 1.29 is 0 Å². The van der Waals surface area contributed by atoms with Gasteiger partial charge in [-0.15, -0.1) is 11.8 Å². The summed E-state index contributed by atoms with van der Waals surface area (Å²) in [4.78, 5) is 0.967. The Morgan fingerprint density at radius 3 is 2.42 bits per heavy atom. The number of benzene rings is 2. The number of halogens is 2. The molecule has 2 aromatic rings. The van der Waals surface area contributed by atoms with Crippen molar-refractivity contribution in [2.45, 2.75) is 10.6 Å². The monoisotopic (exact) mass is 312 g/mol. The van der Waals surface area contributed by atoms with Crippen molar-refractivity contribution in [3.05, 3.63) is 58.1 Å². The van der Waals surface area contributed by atoms with E-state index < -0.39 is 0 Å². The molecule has 0 fully saturated rings. The normalized spacial score (nSPS) is 10.5. The second-order valence-corrected chi connectivity index (χ2v) is 5.88. The lowest BCUT2D eigenvalue weighted by Gasteiger charge is -2.17. The molecule has 0 saturated heterocycles. The lowest BCUT2D eigenvalue weighted by Crippen LogP contribution is -2.25. The average molecular weight is 313 g/mol. The molecular formula is C14H14Cl2N2S. The number of hydrogen-bond acceptors (Lipinski definition) is 3. The average Bonchev–Trinajstić information content (AvgIpc) is 2.38. The largest absolute Gasteiger partial charge is 0.313 e. The van der Waals surface area contributed by atoms with E-state index in [1.807, 2.05) is 42.5 Å². The van der Waals surface area contributed by atoms with Gasteiger partial charge in [0.15, 0.2) is 0 Å². The summed E-state index contributed by atoms with van der Waals surface area (Å²) >= 11 is 14.0. The van der Waals surface area contributed by atoms with Gasteiger partial charge in [0.2, 0.25) is 0 Å². The molecule has 0 aliphatic rings. The van der Waals surface area contributed by atoms with E-state index in [-0.39, 0.29) is 0 Å². The minimum absolute atomic E-state index is 0.701. The number of hydrogen-bond donors (Lipinski definition) is 1. The molecular weight excluding hydrogens is 299 g/mol. The lowest BCUT2D eigenvalue weighted by atomic mass is 10.2. The number of hydrazine groups is 1. The van der Waals surface area contributed by atoms with Crippen LogP contribution in [0.15, 0.2) is 47.4 Å². The van der Waals surface area contributed by atoms with Crippen LogP contribution in [0, 0.1) is 0 Å². The maximum atomic E-state index is 6.24. The van der Waals surface area contributed by atoms with E-state index in [0.717, 1.165) is 26.9 Å². The molecule has 2 rings (SSSR count). The molecule has 0 saturated carbocycles. The first-order chi connectivity index (χ1) is 9.09. The number of rotatable bonds is 4. The molecule has 0 aliphatic carbocycles. The fourth-order valence-electron chi connectivity index (χ4n) is 1.68. The quantitative estimate of drug-likeness (QED) is 0.508. The van der Waals surface area contributed by atoms with Crippen LogP contribution in [-0.4, -0.2) is 7.05 Å². The first kappa shape index (κ1) is 14.5. The van der Waals surface area contributed by atoms with Crippen molar-refractivity contribution in [1.82, 2.24) is 0 Å². The van der Waals surface area contributed by atoms with Crippen molar-refractivity contribution in [3.8, 4) is 0 Å². The molecule has 0 radical (unpaired) electrons. The maximum absolute atomic E-state index is 6.24. The van der Waals surface area contributed by atoms with E-state index in [9.17, 15) is 0 Å². The molecule has 5 heteroatoms. The number of anilines is 1. The Balaban J connectivity index is 2.22. The maximum Gasteiger partial charge on any atom is 0.0664 e. The van der Waals surface area contributed by atoms with Crippen molar-refractivity contribution in [2.24, 2.45) is 5.84 Å². The van der Waals surface area contributed by atoms with Crippen LogP contribution in [0.4, 0.5) is 5.69 Å². The smallest absolute Gasteiger partial charge is 0.0664 e. The zero-order chi connectivity index (χ0) is 13.8. The van der Waals surface area contributed by atoms with Crippen molar-refractivity contribution in [3.63, 3.8) is 0 Å². The summed E-state index contributed by atoms with van der Waals surface area (Å²) in [5, 5.41) is 3.04. The van der Waals surface area contributed by atoms with Gasteiger partial charge in [-0.1, -0.05) is 47.5 Å². The molecule has 0 bridgehead atoms. The van der Waals surface area contributed by atoms with Crippen molar-refractivity contribution in [1.29, 1.82) is 0 Å². The Morgan fingerprint density at radius 1 is 1.05 bits per heavy atom. The highest BCUT2D eigenvalue weighted by molar-refractivity contribution is 7.98. The van der Waals surface area contributed by atoms with E-state index >= 15 is 0 Å². The fraction of sp³-hybridized carbons (Fsp3) is 0.143. The third kappa shape index (κ3) is 3.57. The minimum atomic E-state index is 0.701. The molecule has 0 aliphatic heterocycles. The van der Waals surface area contributed by atoms with Gasteiger partial charge in [-0.2, -0.15) is 0 Å². The third-order valence-electron chi connectivity index (χ3n) is 2.66. The van der Waals surface area contributed by atoms with Crippen LogP contribution in [0.2, 0.25) is 10.0 Å². The Hall–Kier alpha value is -0.870. The summed E-state index contributed by atoms with van der Waals surface area (Å²) in [6.45, 7) is 0. The minimum Gasteiger partial charge on any atom is -0.313 e. The number of nitrogens with zero attached hydrogens (tertiary/aromatic N) is 1. The highest BCUT2D eigenvalue weighted by Gasteiger charge is 2.10. The summed E-state index contributed by atoms with van der Waals surface area (Å²) in [6, 6.07) is 13.5. The van der Waals surface area contributed by atoms with Crippen LogP contribution in [0.25, 0.3) is 0 Å². The van der Waals surface area contributed by atoms with Crippen LogP contribution < -0.4 is 10.9 Å². The van der Waals surface area contributed by atoms with Crippen LogP contribution in [0.1, 0.15) is 5.56 Å². The van der Waals surface area contributed by atoms with Gasteiger partial charge in [0.1, 0.15) is 0 Å². The van der Waals surface area contributed by atoms with Gasteiger partial charge in [-0.3, -0.25) is 0 Å². The first-order valence-electron chi connectivity index (χ1n) is 5.72. The van der Waals surface area contributed by atoms with Crippen LogP contribution in [-0.2, 0) is 5.75 Å². The van der Waals surface area contributed by atoms with Gasteiger partial charge in [0.25, 0.3) is 0 Å². The van der Waals surface area contributed by atoms with Crippen LogP contribution >= 0.6 is 35.0 Å². The third-order valence-corrected chi connectivity index (χ3v) is 4.62. The summed E-state index contributed by atoms with van der Waals surface area (Å²) in [5.74, 6) is 6.57. The summed E-state index contributed by atoms with van der Waals surface area (Å²) in [5.41, 5.74) is 1.99. The van der Waals surface area contributed by atoms with Gasteiger partial charge < -0.3 is 5.01 Å². The van der Waals surface area contributed by atoms with Gasteiger partial charge in [-0.25, -0.2) is 5.84 Å². The molecule has 0 atom stereocenters. The highest BCUT2D eigenvalue weighted by atomic mass is 35.5. The summed E-state index contributed by atoms with van der Waals surface area (Å²) < 4.78 is 0. The number of thioether (sulfide) groups is 1. The Kier molecular flexibility index (Phi) is 4.99.